The van der Waals surface area contributed by atoms with Gasteiger partial charge in [-0.1, -0.05) is 6.92 Å². The molecule has 2 rings (SSSR count). The zero-order chi connectivity index (χ0) is 10.5. The van der Waals surface area contributed by atoms with Crippen LogP contribution in [0, 0.1) is 5.92 Å². The van der Waals surface area contributed by atoms with Gasteiger partial charge in [0.1, 0.15) is 0 Å². The smallest absolute Gasteiger partial charge is 0.0507 e. The highest BCUT2D eigenvalue weighted by Crippen LogP contribution is 2.16. The molecule has 0 saturated carbocycles. The summed E-state index contributed by atoms with van der Waals surface area (Å²) in [5.41, 5.74) is 0. The van der Waals surface area contributed by atoms with Crippen LogP contribution in [0.5, 0.6) is 0 Å². The van der Waals surface area contributed by atoms with E-state index >= 15 is 0 Å². The molecule has 2 aliphatic heterocycles. The Kier molecular flexibility index (Phi) is 4.42. The summed E-state index contributed by atoms with van der Waals surface area (Å²) in [5.74, 6) is 0.765. The van der Waals surface area contributed by atoms with Gasteiger partial charge in [-0.3, -0.25) is 4.90 Å². The van der Waals surface area contributed by atoms with Gasteiger partial charge in [-0.15, -0.1) is 0 Å². The van der Waals surface area contributed by atoms with Crippen LogP contribution in [0.4, 0.5) is 0 Å². The van der Waals surface area contributed by atoms with E-state index in [0.717, 1.165) is 31.7 Å². The molecule has 2 aliphatic rings. The second-order valence-corrected chi connectivity index (χ2v) is 4.81. The van der Waals surface area contributed by atoms with Crippen LogP contribution in [0.15, 0.2) is 0 Å². The molecule has 0 aliphatic carbocycles. The van der Waals surface area contributed by atoms with Crippen molar-refractivity contribution in [2.24, 2.45) is 5.92 Å². The molecule has 2 unspecified atom stereocenters. The second kappa shape index (κ2) is 5.83. The standard InChI is InChI=1S/C12H24N2O/c1-2-14-6-3-4-12(14)9-13-8-11-5-7-15-10-11/h11-13H,2-10H2,1H3. The quantitative estimate of drug-likeness (QED) is 0.738. The first kappa shape index (κ1) is 11.4. The van der Waals surface area contributed by atoms with E-state index in [1.165, 1.54) is 38.9 Å². The SMILES string of the molecule is CCN1CCCC1CNCC1CCOC1. The number of hydrogen-bond donors (Lipinski definition) is 1. The second-order valence-electron chi connectivity index (χ2n) is 4.81. The highest BCUT2D eigenvalue weighted by molar-refractivity contribution is 4.80. The van der Waals surface area contributed by atoms with E-state index in [-0.39, 0.29) is 0 Å². The molecule has 0 bridgehead atoms. The first-order chi connectivity index (χ1) is 7.40. The van der Waals surface area contributed by atoms with Crippen LogP contribution in [0.3, 0.4) is 0 Å². The van der Waals surface area contributed by atoms with E-state index in [0.29, 0.717) is 0 Å². The predicted molar refractivity (Wildman–Crippen MR) is 62.1 cm³/mol. The van der Waals surface area contributed by atoms with Gasteiger partial charge >= 0.3 is 0 Å². The van der Waals surface area contributed by atoms with Crippen molar-refractivity contribution in [3.63, 3.8) is 0 Å². The fraction of sp³-hybridized carbons (Fsp3) is 1.00. The topological polar surface area (TPSA) is 24.5 Å². The molecule has 3 nitrogen and oxygen atoms in total. The summed E-state index contributed by atoms with van der Waals surface area (Å²) >= 11 is 0. The van der Waals surface area contributed by atoms with Crippen LogP contribution < -0.4 is 5.32 Å². The Bertz CT molecular complexity index is 180. The first-order valence-corrected chi connectivity index (χ1v) is 6.42. The molecule has 88 valence electrons. The molecule has 0 spiro atoms. The minimum Gasteiger partial charge on any atom is -0.381 e. The highest BCUT2D eigenvalue weighted by atomic mass is 16.5. The third-order valence-electron chi connectivity index (χ3n) is 3.74. The molecule has 2 heterocycles. The van der Waals surface area contributed by atoms with Crippen molar-refractivity contribution in [2.45, 2.75) is 32.2 Å². The maximum absolute atomic E-state index is 5.37. The van der Waals surface area contributed by atoms with Gasteiger partial charge in [0, 0.05) is 25.7 Å². The molecule has 2 atom stereocenters. The summed E-state index contributed by atoms with van der Waals surface area (Å²) in [4.78, 5) is 2.60. The lowest BCUT2D eigenvalue weighted by molar-refractivity contribution is 0.184. The van der Waals surface area contributed by atoms with Crippen molar-refractivity contribution in [1.29, 1.82) is 0 Å². The summed E-state index contributed by atoms with van der Waals surface area (Å²) in [7, 11) is 0. The molecule has 2 fully saturated rings. The van der Waals surface area contributed by atoms with Gasteiger partial charge in [0.25, 0.3) is 0 Å². The van der Waals surface area contributed by atoms with E-state index in [1.54, 1.807) is 0 Å². The van der Waals surface area contributed by atoms with Gasteiger partial charge in [-0.25, -0.2) is 0 Å². The lowest BCUT2D eigenvalue weighted by Gasteiger charge is -2.23. The lowest BCUT2D eigenvalue weighted by atomic mass is 10.1. The average Bonchev–Trinajstić information content (AvgIpc) is 2.88. The zero-order valence-electron chi connectivity index (χ0n) is 9.87. The van der Waals surface area contributed by atoms with Crippen LogP contribution in [0.2, 0.25) is 0 Å². The number of nitrogens with one attached hydrogen (secondary N) is 1. The molecular weight excluding hydrogens is 188 g/mol. The van der Waals surface area contributed by atoms with Crippen LogP contribution >= 0.6 is 0 Å². The van der Waals surface area contributed by atoms with E-state index in [4.69, 9.17) is 4.74 Å². The molecule has 0 aromatic heterocycles. The van der Waals surface area contributed by atoms with E-state index in [2.05, 4.69) is 17.1 Å². The number of rotatable bonds is 5. The maximum Gasteiger partial charge on any atom is 0.0507 e. The Labute approximate surface area is 93.2 Å². The summed E-state index contributed by atoms with van der Waals surface area (Å²) < 4.78 is 5.37. The minimum absolute atomic E-state index is 0.765. The number of likely N-dealkylation sites (N-methyl/N-ethyl adjacent to an activating group) is 1. The van der Waals surface area contributed by atoms with Gasteiger partial charge in [0.15, 0.2) is 0 Å². The van der Waals surface area contributed by atoms with Crippen LogP contribution in [-0.4, -0.2) is 50.3 Å². The van der Waals surface area contributed by atoms with E-state index in [1.807, 2.05) is 0 Å². The van der Waals surface area contributed by atoms with Gasteiger partial charge in [0.05, 0.1) is 6.61 Å². The largest absolute Gasteiger partial charge is 0.381 e. The van der Waals surface area contributed by atoms with Crippen molar-refractivity contribution >= 4 is 0 Å². The average molecular weight is 212 g/mol. The molecule has 0 aromatic carbocycles. The molecule has 0 radical (unpaired) electrons. The molecule has 2 saturated heterocycles. The number of likely N-dealkylation sites (tertiary alicyclic amines) is 1. The lowest BCUT2D eigenvalue weighted by Crippen LogP contribution is -2.39. The Balaban J connectivity index is 1.60. The Morgan fingerprint density at radius 3 is 3.00 bits per heavy atom. The fourth-order valence-corrected chi connectivity index (χ4v) is 2.74. The van der Waals surface area contributed by atoms with Gasteiger partial charge in [-0.2, -0.15) is 0 Å². The third kappa shape index (κ3) is 3.16. The Morgan fingerprint density at radius 1 is 1.33 bits per heavy atom. The van der Waals surface area contributed by atoms with Crippen LogP contribution in [0.25, 0.3) is 0 Å². The van der Waals surface area contributed by atoms with E-state index < -0.39 is 0 Å². The van der Waals surface area contributed by atoms with Gasteiger partial charge in [-0.05, 0) is 38.3 Å². The van der Waals surface area contributed by atoms with Crippen molar-refractivity contribution in [3.05, 3.63) is 0 Å². The molecule has 1 N–H and O–H groups in total. The molecule has 0 amide bonds. The van der Waals surface area contributed by atoms with Crippen molar-refractivity contribution in [3.8, 4) is 0 Å². The summed E-state index contributed by atoms with van der Waals surface area (Å²) in [6.07, 6.45) is 4.00. The number of ether oxygens (including phenoxy) is 1. The normalized spacial score (nSPS) is 32.6. The number of nitrogens with zero attached hydrogens (tertiary/aromatic N) is 1. The highest BCUT2D eigenvalue weighted by Gasteiger charge is 2.23. The Hall–Kier alpha value is -0.120. The monoisotopic (exact) mass is 212 g/mol. The van der Waals surface area contributed by atoms with Gasteiger partial charge in [0.2, 0.25) is 0 Å². The molecule has 3 heteroatoms. The van der Waals surface area contributed by atoms with Gasteiger partial charge < -0.3 is 10.1 Å². The maximum atomic E-state index is 5.37. The first-order valence-electron chi connectivity index (χ1n) is 6.42. The summed E-state index contributed by atoms with van der Waals surface area (Å²) in [6.45, 7) is 9.03. The van der Waals surface area contributed by atoms with Crippen molar-refractivity contribution in [1.82, 2.24) is 10.2 Å². The van der Waals surface area contributed by atoms with Crippen molar-refractivity contribution < 1.29 is 4.74 Å². The Morgan fingerprint density at radius 2 is 2.27 bits per heavy atom. The zero-order valence-corrected chi connectivity index (χ0v) is 9.87. The molecule has 0 aromatic rings. The van der Waals surface area contributed by atoms with Crippen LogP contribution in [-0.2, 0) is 4.74 Å². The predicted octanol–water partition coefficient (Wildman–Crippen LogP) is 1.10. The summed E-state index contributed by atoms with van der Waals surface area (Å²) in [5, 5.41) is 3.61. The minimum atomic E-state index is 0.765. The van der Waals surface area contributed by atoms with Crippen molar-refractivity contribution in [2.75, 3.05) is 39.4 Å². The number of hydrogen-bond acceptors (Lipinski definition) is 3. The van der Waals surface area contributed by atoms with Crippen LogP contribution in [0.1, 0.15) is 26.2 Å². The van der Waals surface area contributed by atoms with E-state index in [9.17, 15) is 0 Å². The molecular formula is C12H24N2O. The fourth-order valence-electron chi connectivity index (χ4n) is 2.74. The summed E-state index contributed by atoms with van der Waals surface area (Å²) in [6, 6.07) is 0.789. The molecule has 15 heavy (non-hydrogen) atoms. The third-order valence-corrected chi connectivity index (χ3v) is 3.74.